The second kappa shape index (κ2) is 5.80. The maximum absolute atomic E-state index is 11.3. The summed E-state index contributed by atoms with van der Waals surface area (Å²) < 4.78 is 34.0. The molecule has 0 aliphatic carbocycles. The third-order valence-corrected chi connectivity index (χ3v) is 0.914. The molecule has 0 spiro atoms. The fourth-order valence-electron chi connectivity index (χ4n) is 0.470. The summed E-state index contributed by atoms with van der Waals surface area (Å²) in [5, 5.41) is 0. The first kappa shape index (κ1) is 12.7. The molecule has 0 radical (unpaired) electrons. The average molecular weight is 178 g/mol. The van der Waals surface area contributed by atoms with E-state index in [9.17, 15) is 13.2 Å². The van der Waals surface area contributed by atoms with Gasteiger partial charge in [-0.1, -0.05) is 0 Å². The van der Waals surface area contributed by atoms with Gasteiger partial charge in [0.2, 0.25) is 0 Å². The van der Waals surface area contributed by atoms with E-state index in [0.29, 0.717) is 13.0 Å². The van der Waals surface area contributed by atoms with Crippen molar-refractivity contribution in [1.82, 2.24) is 0 Å². The van der Waals surface area contributed by atoms with Crippen LogP contribution in [-0.2, 0) is 0 Å². The van der Waals surface area contributed by atoms with Crippen molar-refractivity contribution in [2.75, 3.05) is 6.54 Å². The fourth-order valence-corrected chi connectivity index (χ4v) is 0.470. The van der Waals surface area contributed by atoms with Gasteiger partial charge in [-0.25, -0.2) is 0 Å². The number of alkyl halides is 3. The van der Waals surface area contributed by atoms with Gasteiger partial charge in [0.1, 0.15) is 0 Å². The van der Waals surface area contributed by atoms with Gasteiger partial charge < -0.3 is 5.73 Å². The molecule has 5 heteroatoms. The van der Waals surface area contributed by atoms with Gasteiger partial charge in [-0.05, 0) is 19.4 Å². The predicted molar refractivity (Wildman–Crippen MR) is 36.2 cm³/mol. The lowest BCUT2D eigenvalue weighted by atomic mass is 10.2. The van der Waals surface area contributed by atoms with Crippen LogP contribution in [0.4, 0.5) is 13.2 Å². The normalized spacial score (nSPS) is 10.8. The van der Waals surface area contributed by atoms with Crippen molar-refractivity contribution in [2.24, 2.45) is 5.73 Å². The van der Waals surface area contributed by atoms with Crippen LogP contribution in [-0.4, -0.2) is 12.7 Å². The summed E-state index contributed by atoms with van der Waals surface area (Å²) in [6.07, 6.45) is -4.10. The predicted octanol–water partition coefficient (Wildman–Crippen LogP) is 2.10. The van der Waals surface area contributed by atoms with E-state index < -0.39 is 12.6 Å². The van der Waals surface area contributed by atoms with Crippen LogP contribution in [0.2, 0.25) is 0 Å². The smallest absolute Gasteiger partial charge is 0.330 e. The molecule has 2 N–H and O–H groups in total. The number of hydrogen-bond acceptors (Lipinski definition) is 1. The largest absolute Gasteiger partial charge is 0.389 e. The van der Waals surface area contributed by atoms with Gasteiger partial charge in [0.25, 0.3) is 0 Å². The molecule has 0 amide bonds. The Morgan fingerprint density at radius 2 is 1.60 bits per heavy atom. The zero-order valence-electron chi connectivity index (χ0n) is 5.45. The Bertz CT molecular complexity index is 73.8. The molecule has 0 aromatic heterocycles. The highest BCUT2D eigenvalue weighted by Gasteiger charge is 2.25. The van der Waals surface area contributed by atoms with E-state index in [1.54, 1.807) is 0 Å². The van der Waals surface area contributed by atoms with E-state index in [2.05, 4.69) is 0 Å². The van der Waals surface area contributed by atoms with Gasteiger partial charge in [0, 0.05) is 6.42 Å². The molecule has 0 saturated heterocycles. The van der Waals surface area contributed by atoms with Crippen LogP contribution in [0, 0.1) is 0 Å². The van der Waals surface area contributed by atoms with E-state index in [1.165, 1.54) is 0 Å². The van der Waals surface area contributed by atoms with E-state index in [4.69, 9.17) is 5.73 Å². The number of rotatable bonds is 3. The Labute approximate surface area is 64.2 Å². The van der Waals surface area contributed by atoms with Crippen molar-refractivity contribution in [3.63, 3.8) is 0 Å². The summed E-state index contributed by atoms with van der Waals surface area (Å²) in [5.74, 6) is 0. The van der Waals surface area contributed by atoms with E-state index >= 15 is 0 Å². The van der Waals surface area contributed by atoms with Crippen molar-refractivity contribution in [3.8, 4) is 0 Å². The molecule has 0 fully saturated rings. The minimum atomic E-state index is -4.00. The molecule has 64 valence electrons. The fraction of sp³-hybridized carbons (Fsp3) is 1.00. The SMILES string of the molecule is Cl.NCCCCC(F)(F)F. The minimum absolute atomic E-state index is 0. The molecule has 0 bridgehead atoms. The summed E-state index contributed by atoms with van der Waals surface area (Å²) in [5.41, 5.74) is 4.99. The highest BCUT2D eigenvalue weighted by Crippen LogP contribution is 2.21. The Kier molecular flexibility index (Phi) is 7.36. The van der Waals surface area contributed by atoms with Crippen molar-refractivity contribution < 1.29 is 13.2 Å². The number of nitrogens with two attached hydrogens (primary N) is 1. The molecule has 0 heterocycles. The molecule has 10 heavy (non-hydrogen) atoms. The molecule has 0 aromatic carbocycles. The Morgan fingerprint density at radius 3 is 1.90 bits per heavy atom. The van der Waals surface area contributed by atoms with Crippen molar-refractivity contribution in [3.05, 3.63) is 0 Å². The zero-order valence-corrected chi connectivity index (χ0v) is 6.26. The van der Waals surface area contributed by atoms with Gasteiger partial charge in [-0.3, -0.25) is 0 Å². The lowest BCUT2D eigenvalue weighted by Crippen LogP contribution is -2.08. The topological polar surface area (TPSA) is 26.0 Å². The van der Waals surface area contributed by atoms with Crippen LogP contribution >= 0.6 is 12.4 Å². The number of hydrogen-bond donors (Lipinski definition) is 1. The summed E-state index contributed by atoms with van der Waals surface area (Å²) in [7, 11) is 0. The van der Waals surface area contributed by atoms with Gasteiger partial charge >= 0.3 is 6.18 Å². The Balaban J connectivity index is 0. The third-order valence-electron chi connectivity index (χ3n) is 0.914. The van der Waals surface area contributed by atoms with Crippen LogP contribution in [0.1, 0.15) is 19.3 Å². The molecule has 0 saturated carbocycles. The lowest BCUT2D eigenvalue weighted by molar-refractivity contribution is -0.135. The Hall–Kier alpha value is 0.0400. The molecule has 0 rings (SSSR count). The summed E-state index contributed by atoms with van der Waals surface area (Å²) in [6, 6.07) is 0. The molecule has 1 nitrogen and oxygen atoms in total. The highest BCUT2D eigenvalue weighted by atomic mass is 35.5. The van der Waals surface area contributed by atoms with Crippen LogP contribution < -0.4 is 5.73 Å². The van der Waals surface area contributed by atoms with Crippen LogP contribution in [0.25, 0.3) is 0 Å². The Morgan fingerprint density at radius 1 is 1.10 bits per heavy atom. The molecule has 0 aromatic rings. The van der Waals surface area contributed by atoms with Gasteiger partial charge in [-0.2, -0.15) is 13.2 Å². The van der Waals surface area contributed by atoms with Crippen LogP contribution in [0.3, 0.4) is 0 Å². The third kappa shape index (κ3) is 10.9. The van der Waals surface area contributed by atoms with E-state index in [-0.39, 0.29) is 18.8 Å². The summed E-state index contributed by atoms with van der Waals surface area (Å²) in [4.78, 5) is 0. The molecular weight excluding hydrogens is 167 g/mol. The zero-order chi connectivity index (χ0) is 7.33. The molecule has 0 unspecified atom stereocenters. The van der Waals surface area contributed by atoms with Gasteiger partial charge in [0.05, 0.1) is 0 Å². The monoisotopic (exact) mass is 177 g/mol. The van der Waals surface area contributed by atoms with Crippen LogP contribution in [0.15, 0.2) is 0 Å². The number of halogens is 4. The maximum Gasteiger partial charge on any atom is 0.389 e. The average Bonchev–Trinajstić information content (AvgIpc) is 1.63. The quantitative estimate of drug-likeness (QED) is 0.657. The van der Waals surface area contributed by atoms with E-state index in [0.717, 1.165) is 0 Å². The lowest BCUT2D eigenvalue weighted by Gasteiger charge is -2.03. The van der Waals surface area contributed by atoms with Crippen LogP contribution in [0.5, 0.6) is 0 Å². The first-order chi connectivity index (χ1) is 4.06. The second-order valence-electron chi connectivity index (χ2n) is 1.86. The highest BCUT2D eigenvalue weighted by molar-refractivity contribution is 5.85. The molecule has 0 aliphatic rings. The van der Waals surface area contributed by atoms with Crippen molar-refractivity contribution in [1.29, 1.82) is 0 Å². The molecule has 0 aliphatic heterocycles. The first-order valence-corrected chi connectivity index (χ1v) is 2.83. The molecule has 0 atom stereocenters. The molecular formula is C5H11ClF3N. The van der Waals surface area contributed by atoms with Crippen molar-refractivity contribution in [2.45, 2.75) is 25.4 Å². The number of unbranched alkanes of at least 4 members (excludes halogenated alkanes) is 1. The van der Waals surface area contributed by atoms with Gasteiger partial charge in [-0.15, -0.1) is 12.4 Å². The minimum Gasteiger partial charge on any atom is -0.330 e. The van der Waals surface area contributed by atoms with Crippen molar-refractivity contribution >= 4 is 12.4 Å². The van der Waals surface area contributed by atoms with E-state index in [1.807, 2.05) is 0 Å². The summed E-state index contributed by atoms with van der Waals surface area (Å²) in [6.45, 7) is 0.343. The first-order valence-electron chi connectivity index (χ1n) is 2.83. The summed E-state index contributed by atoms with van der Waals surface area (Å²) >= 11 is 0. The van der Waals surface area contributed by atoms with Gasteiger partial charge in [0.15, 0.2) is 0 Å². The standard InChI is InChI=1S/C5H10F3N.ClH/c6-5(7,8)3-1-2-4-9;/h1-4,9H2;1H. The second-order valence-corrected chi connectivity index (χ2v) is 1.86. The maximum atomic E-state index is 11.3.